The van der Waals surface area contributed by atoms with Gasteiger partial charge in [0.2, 0.25) is 0 Å². The van der Waals surface area contributed by atoms with Crippen LogP contribution in [0.2, 0.25) is 0 Å². The number of hydrogen-bond acceptors (Lipinski definition) is 3. The molecule has 1 aromatic heterocycles. The highest BCUT2D eigenvalue weighted by Gasteiger charge is 2.12. The minimum atomic E-state index is -0.345. The van der Waals surface area contributed by atoms with Gasteiger partial charge in [-0.15, -0.1) is 0 Å². The summed E-state index contributed by atoms with van der Waals surface area (Å²) >= 11 is 0. The molecule has 4 nitrogen and oxygen atoms in total. The first-order valence-electron chi connectivity index (χ1n) is 8.66. The molecule has 0 saturated carbocycles. The first kappa shape index (κ1) is 16.8. The Morgan fingerprint density at radius 3 is 2.22 bits per heavy atom. The van der Waals surface area contributed by atoms with Gasteiger partial charge in [-0.05, 0) is 35.9 Å². The van der Waals surface area contributed by atoms with E-state index in [1.807, 2.05) is 48.7 Å². The Morgan fingerprint density at radius 1 is 0.778 bits per heavy atom. The van der Waals surface area contributed by atoms with Crippen molar-refractivity contribution in [3.8, 4) is 5.75 Å². The van der Waals surface area contributed by atoms with Crippen molar-refractivity contribution in [2.45, 2.75) is 6.42 Å². The van der Waals surface area contributed by atoms with Gasteiger partial charge >= 0.3 is 5.97 Å². The Morgan fingerprint density at radius 2 is 1.44 bits per heavy atom. The summed E-state index contributed by atoms with van der Waals surface area (Å²) in [6.07, 6.45) is 2.00. The van der Waals surface area contributed by atoms with E-state index in [1.54, 1.807) is 36.4 Å². The first-order valence-corrected chi connectivity index (χ1v) is 8.66. The molecule has 0 radical (unpaired) electrons. The molecule has 0 fully saturated rings. The molecule has 0 saturated heterocycles. The van der Waals surface area contributed by atoms with Crippen LogP contribution in [0.25, 0.3) is 10.9 Å². The number of ketones is 1. The van der Waals surface area contributed by atoms with E-state index in [4.69, 9.17) is 4.74 Å². The molecule has 0 aliphatic heterocycles. The van der Waals surface area contributed by atoms with Crippen LogP contribution in [0.4, 0.5) is 0 Å². The maximum Gasteiger partial charge on any atom is 0.315 e. The molecule has 0 aliphatic carbocycles. The molecule has 1 heterocycles. The maximum atomic E-state index is 12.4. The van der Waals surface area contributed by atoms with Gasteiger partial charge in [0.05, 0.1) is 6.42 Å². The highest BCUT2D eigenvalue weighted by atomic mass is 16.5. The van der Waals surface area contributed by atoms with E-state index in [-0.39, 0.29) is 18.2 Å². The Balaban J connectivity index is 1.44. The lowest BCUT2D eigenvalue weighted by molar-refractivity contribution is -0.133. The SMILES string of the molecule is O=C(Cc1c[nH]c2ccccc12)Oc1ccc(C(=O)c2ccccc2)cc1. The summed E-state index contributed by atoms with van der Waals surface area (Å²) in [5, 5.41) is 1.01. The number of carbonyl (C=O) groups excluding carboxylic acids is 2. The average Bonchev–Trinajstić information content (AvgIpc) is 3.11. The van der Waals surface area contributed by atoms with Gasteiger partial charge in [0.25, 0.3) is 0 Å². The summed E-state index contributed by atoms with van der Waals surface area (Å²) in [7, 11) is 0. The molecular formula is C23H17NO3. The molecule has 132 valence electrons. The number of aromatic amines is 1. The second-order valence-electron chi connectivity index (χ2n) is 6.23. The summed E-state index contributed by atoms with van der Waals surface area (Å²) in [5.41, 5.74) is 3.06. The van der Waals surface area contributed by atoms with Gasteiger partial charge in [0, 0.05) is 28.2 Å². The van der Waals surface area contributed by atoms with E-state index in [0.717, 1.165) is 16.5 Å². The smallest absolute Gasteiger partial charge is 0.315 e. The zero-order valence-corrected chi connectivity index (χ0v) is 14.5. The van der Waals surface area contributed by atoms with Gasteiger partial charge in [-0.25, -0.2) is 0 Å². The van der Waals surface area contributed by atoms with Crippen LogP contribution in [-0.4, -0.2) is 16.7 Å². The molecule has 0 amide bonds. The average molecular weight is 355 g/mol. The van der Waals surface area contributed by atoms with Crippen molar-refractivity contribution in [3.05, 3.63) is 102 Å². The van der Waals surface area contributed by atoms with Crippen molar-refractivity contribution < 1.29 is 14.3 Å². The van der Waals surface area contributed by atoms with E-state index in [1.165, 1.54) is 0 Å². The van der Waals surface area contributed by atoms with Crippen LogP contribution in [0.1, 0.15) is 21.5 Å². The fourth-order valence-corrected chi connectivity index (χ4v) is 3.03. The molecule has 4 aromatic rings. The zero-order valence-electron chi connectivity index (χ0n) is 14.5. The largest absolute Gasteiger partial charge is 0.426 e. The number of hydrogen-bond donors (Lipinski definition) is 1. The fourth-order valence-electron chi connectivity index (χ4n) is 3.03. The quantitative estimate of drug-likeness (QED) is 0.325. The normalized spacial score (nSPS) is 10.7. The molecule has 0 unspecified atom stereocenters. The molecule has 3 aromatic carbocycles. The number of para-hydroxylation sites is 1. The molecule has 0 atom stereocenters. The third kappa shape index (κ3) is 3.65. The minimum absolute atomic E-state index is 0.0627. The van der Waals surface area contributed by atoms with Crippen LogP contribution in [0.5, 0.6) is 5.75 Å². The number of H-pyrrole nitrogens is 1. The van der Waals surface area contributed by atoms with Crippen LogP contribution in [-0.2, 0) is 11.2 Å². The number of fused-ring (bicyclic) bond motifs is 1. The van der Waals surface area contributed by atoms with Gasteiger partial charge in [0.1, 0.15) is 5.75 Å². The second kappa shape index (κ2) is 7.30. The number of ether oxygens (including phenoxy) is 1. The zero-order chi connectivity index (χ0) is 18.6. The van der Waals surface area contributed by atoms with E-state index in [9.17, 15) is 9.59 Å². The second-order valence-corrected chi connectivity index (χ2v) is 6.23. The molecule has 0 bridgehead atoms. The fraction of sp³-hybridized carbons (Fsp3) is 0.0435. The number of nitrogens with one attached hydrogen (secondary N) is 1. The van der Waals surface area contributed by atoms with Gasteiger partial charge in [0.15, 0.2) is 5.78 Å². The molecule has 0 aliphatic rings. The molecule has 0 spiro atoms. The van der Waals surface area contributed by atoms with Crippen LogP contribution < -0.4 is 4.74 Å². The standard InChI is InChI=1S/C23H17NO3/c25-22(14-18-15-24-21-9-5-4-8-20(18)21)27-19-12-10-17(11-13-19)23(26)16-6-2-1-3-7-16/h1-13,15,24H,14H2. The number of benzene rings is 3. The molecule has 27 heavy (non-hydrogen) atoms. The summed E-state index contributed by atoms with van der Waals surface area (Å²) < 4.78 is 5.41. The first-order chi connectivity index (χ1) is 13.2. The number of aromatic nitrogens is 1. The lowest BCUT2D eigenvalue weighted by Crippen LogP contribution is -2.11. The van der Waals surface area contributed by atoms with E-state index < -0.39 is 0 Å². The van der Waals surface area contributed by atoms with Crippen molar-refractivity contribution in [1.29, 1.82) is 0 Å². The molecule has 4 heteroatoms. The lowest BCUT2D eigenvalue weighted by Gasteiger charge is -2.06. The van der Waals surface area contributed by atoms with Gasteiger partial charge in [-0.1, -0.05) is 48.5 Å². The van der Waals surface area contributed by atoms with Gasteiger partial charge < -0.3 is 9.72 Å². The molecule has 4 rings (SSSR count). The molecule has 1 N–H and O–H groups in total. The maximum absolute atomic E-state index is 12.4. The minimum Gasteiger partial charge on any atom is -0.426 e. The molecular weight excluding hydrogens is 338 g/mol. The predicted octanol–water partition coefficient (Wildman–Crippen LogP) is 4.55. The van der Waals surface area contributed by atoms with Crippen molar-refractivity contribution in [2.24, 2.45) is 0 Å². The predicted molar refractivity (Wildman–Crippen MR) is 104 cm³/mol. The van der Waals surface area contributed by atoms with Crippen molar-refractivity contribution in [1.82, 2.24) is 4.98 Å². The van der Waals surface area contributed by atoms with Crippen molar-refractivity contribution >= 4 is 22.7 Å². The van der Waals surface area contributed by atoms with Crippen LogP contribution in [0, 0.1) is 0 Å². The third-order valence-electron chi connectivity index (χ3n) is 4.39. The Kier molecular flexibility index (Phi) is 4.54. The topological polar surface area (TPSA) is 59.2 Å². The Bertz CT molecular complexity index is 1100. The lowest BCUT2D eigenvalue weighted by atomic mass is 10.0. The van der Waals surface area contributed by atoms with Crippen LogP contribution in [0.3, 0.4) is 0 Å². The Labute approximate surface area is 156 Å². The van der Waals surface area contributed by atoms with E-state index >= 15 is 0 Å². The van der Waals surface area contributed by atoms with E-state index in [0.29, 0.717) is 16.9 Å². The highest BCUT2D eigenvalue weighted by Crippen LogP contribution is 2.20. The number of carbonyl (C=O) groups is 2. The van der Waals surface area contributed by atoms with Crippen LogP contribution >= 0.6 is 0 Å². The number of esters is 1. The monoisotopic (exact) mass is 355 g/mol. The van der Waals surface area contributed by atoms with E-state index in [2.05, 4.69) is 4.98 Å². The Hall–Kier alpha value is -3.66. The summed E-state index contributed by atoms with van der Waals surface area (Å²) in [6.45, 7) is 0. The van der Waals surface area contributed by atoms with Crippen molar-refractivity contribution in [3.63, 3.8) is 0 Å². The van der Waals surface area contributed by atoms with Gasteiger partial charge in [-0.2, -0.15) is 0 Å². The van der Waals surface area contributed by atoms with Crippen molar-refractivity contribution in [2.75, 3.05) is 0 Å². The summed E-state index contributed by atoms with van der Waals surface area (Å²) in [5.74, 6) is 0.0126. The highest BCUT2D eigenvalue weighted by molar-refractivity contribution is 6.09. The van der Waals surface area contributed by atoms with Gasteiger partial charge in [-0.3, -0.25) is 9.59 Å². The summed E-state index contributed by atoms with van der Waals surface area (Å²) in [4.78, 5) is 27.8. The summed E-state index contributed by atoms with van der Waals surface area (Å²) in [6, 6.07) is 23.5. The van der Waals surface area contributed by atoms with Crippen LogP contribution in [0.15, 0.2) is 85.1 Å². The number of rotatable bonds is 5. The third-order valence-corrected chi connectivity index (χ3v) is 4.39.